The maximum Gasteiger partial charge on any atom is 0.246 e. The van der Waals surface area contributed by atoms with E-state index in [0.29, 0.717) is 24.9 Å². The van der Waals surface area contributed by atoms with Crippen LogP contribution in [0.4, 0.5) is 0 Å². The second kappa shape index (κ2) is 6.38. The first-order chi connectivity index (χ1) is 10.6. The Bertz CT molecular complexity index is 586. The average Bonchev–Trinajstić information content (AvgIpc) is 3.24. The third kappa shape index (κ3) is 3.78. The number of likely N-dealkylation sites (tertiary alicyclic amines) is 1. The van der Waals surface area contributed by atoms with Gasteiger partial charge in [0.05, 0.1) is 5.92 Å². The lowest BCUT2D eigenvalue weighted by atomic mass is 9.97. The Morgan fingerprint density at radius 3 is 2.82 bits per heavy atom. The van der Waals surface area contributed by atoms with Gasteiger partial charge in [0.1, 0.15) is 11.5 Å². The van der Waals surface area contributed by atoms with E-state index in [1.54, 1.807) is 11.0 Å². The predicted molar refractivity (Wildman–Crippen MR) is 82.9 cm³/mol. The molecule has 1 aromatic heterocycles. The van der Waals surface area contributed by atoms with Gasteiger partial charge in [0, 0.05) is 25.2 Å². The van der Waals surface area contributed by atoms with Gasteiger partial charge < -0.3 is 14.6 Å². The van der Waals surface area contributed by atoms with Gasteiger partial charge >= 0.3 is 0 Å². The number of piperidine rings is 1. The van der Waals surface area contributed by atoms with E-state index in [2.05, 4.69) is 5.32 Å². The van der Waals surface area contributed by atoms with E-state index in [1.807, 2.05) is 19.1 Å². The van der Waals surface area contributed by atoms with E-state index in [-0.39, 0.29) is 17.7 Å². The fraction of sp³-hybridized carbons (Fsp3) is 0.529. The molecule has 0 radical (unpaired) electrons. The van der Waals surface area contributed by atoms with Crippen LogP contribution in [0.1, 0.15) is 37.2 Å². The number of aryl methyl sites for hydroxylation is 1. The van der Waals surface area contributed by atoms with Crippen LogP contribution in [0, 0.1) is 12.8 Å². The molecule has 22 heavy (non-hydrogen) atoms. The number of hydrogen-bond donors (Lipinski definition) is 1. The first-order valence-corrected chi connectivity index (χ1v) is 7.95. The van der Waals surface area contributed by atoms with Gasteiger partial charge in [0.2, 0.25) is 11.8 Å². The van der Waals surface area contributed by atoms with Gasteiger partial charge in [0.15, 0.2) is 0 Å². The molecule has 1 saturated heterocycles. The van der Waals surface area contributed by atoms with Crippen molar-refractivity contribution in [2.45, 2.75) is 38.6 Å². The largest absolute Gasteiger partial charge is 0.462 e. The standard InChI is InChI=1S/C17H22N2O3/c1-12-4-7-15(22-12)8-9-16(20)19-10-2-3-13(11-19)17(21)18-14-5-6-14/h4,7-9,13-14H,2-3,5-6,10-11H2,1H3,(H,18,21)/b9-8+/t13-/m1/s1. The molecular weight excluding hydrogens is 280 g/mol. The summed E-state index contributed by atoms with van der Waals surface area (Å²) >= 11 is 0. The molecule has 1 saturated carbocycles. The highest BCUT2D eigenvalue weighted by Gasteiger charge is 2.31. The van der Waals surface area contributed by atoms with Gasteiger partial charge in [-0.05, 0) is 50.8 Å². The highest BCUT2D eigenvalue weighted by Crippen LogP contribution is 2.22. The molecule has 1 atom stereocenters. The highest BCUT2D eigenvalue weighted by molar-refractivity contribution is 5.92. The van der Waals surface area contributed by atoms with E-state index >= 15 is 0 Å². The van der Waals surface area contributed by atoms with Gasteiger partial charge in [-0.1, -0.05) is 0 Å². The fourth-order valence-corrected chi connectivity index (χ4v) is 2.74. The molecule has 118 valence electrons. The van der Waals surface area contributed by atoms with Crippen LogP contribution in [0.5, 0.6) is 0 Å². The molecule has 2 amide bonds. The lowest BCUT2D eigenvalue weighted by molar-refractivity contribution is -0.132. The quantitative estimate of drug-likeness (QED) is 0.867. The van der Waals surface area contributed by atoms with E-state index in [1.165, 1.54) is 6.08 Å². The first kappa shape index (κ1) is 14.9. The lowest BCUT2D eigenvalue weighted by Crippen LogP contribution is -2.45. The molecular formula is C17H22N2O3. The molecule has 0 spiro atoms. The van der Waals surface area contributed by atoms with Crippen LogP contribution in [-0.2, 0) is 9.59 Å². The highest BCUT2D eigenvalue weighted by atomic mass is 16.3. The Kier molecular flexibility index (Phi) is 4.32. The zero-order valence-corrected chi connectivity index (χ0v) is 12.9. The summed E-state index contributed by atoms with van der Waals surface area (Å²) in [4.78, 5) is 26.1. The Morgan fingerprint density at radius 2 is 2.14 bits per heavy atom. The smallest absolute Gasteiger partial charge is 0.246 e. The van der Waals surface area contributed by atoms with Crippen molar-refractivity contribution in [2.75, 3.05) is 13.1 Å². The summed E-state index contributed by atoms with van der Waals surface area (Å²) < 4.78 is 5.41. The van der Waals surface area contributed by atoms with Crippen LogP contribution in [-0.4, -0.2) is 35.8 Å². The molecule has 2 fully saturated rings. The summed E-state index contributed by atoms with van der Waals surface area (Å²) in [6.07, 6.45) is 7.13. The van der Waals surface area contributed by atoms with Crippen LogP contribution in [0.25, 0.3) is 6.08 Å². The normalized spacial score (nSPS) is 22.0. The number of nitrogens with zero attached hydrogens (tertiary/aromatic N) is 1. The van der Waals surface area contributed by atoms with Gasteiger partial charge in [-0.2, -0.15) is 0 Å². The molecule has 5 nitrogen and oxygen atoms in total. The second-order valence-corrected chi connectivity index (χ2v) is 6.19. The second-order valence-electron chi connectivity index (χ2n) is 6.19. The SMILES string of the molecule is Cc1ccc(/C=C/C(=O)N2CCC[C@@H](C(=O)NC3CC3)C2)o1. The average molecular weight is 302 g/mol. The number of amides is 2. The third-order valence-corrected chi connectivity index (χ3v) is 4.18. The summed E-state index contributed by atoms with van der Waals surface area (Å²) in [6.45, 7) is 3.10. The number of rotatable bonds is 4. The zero-order chi connectivity index (χ0) is 15.5. The summed E-state index contributed by atoms with van der Waals surface area (Å²) in [6, 6.07) is 4.07. The van der Waals surface area contributed by atoms with E-state index in [0.717, 1.165) is 31.4 Å². The number of nitrogens with one attached hydrogen (secondary N) is 1. The molecule has 1 aromatic rings. The number of carbonyl (C=O) groups is 2. The number of hydrogen-bond acceptors (Lipinski definition) is 3. The molecule has 1 N–H and O–H groups in total. The van der Waals surface area contributed by atoms with Crippen molar-refractivity contribution >= 4 is 17.9 Å². The van der Waals surface area contributed by atoms with Crippen LogP contribution < -0.4 is 5.32 Å². The number of carbonyl (C=O) groups excluding carboxylic acids is 2. The molecule has 3 rings (SSSR count). The van der Waals surface area contributed by atoms with E-state index in [9.17, 15) is 9.59 Å². The molecule has 0 aromatic carbocycles. The minimum Gasteiger partial charge on any atom is -0.462 e. The summed E-state index contributed by atoms with van der Waals surface area (Å²) in [7, 11) is 0. The monoisotopic (exact) mass is 302 g/mol. The van der Waals surface area contributed by atoms with Crippen LogP contribution in [0.3, 0.4) is 0 Å². The van der Waals surface area contributed by atoms with Crippen molar-refractivity contribution in [3.63, 3.8) is 0 Å². The number of furan rings is 1. The topological polar surface area (TPSA) is 62.6 Å². The van der Waals surface area contributed by atoms with E-state index < -0.39 is 0 Å². The van der Waals surface area contributed by atoms with Crippen LogP contribution in [0.2, 0.25) is 0 Å². The van der Waals surface area contributed by atoms with Gasteiger partial charge in [-0.15, -0.1) is 0 Å². The van der Waals surface area contributed by atoms with Crippen molar-refractivity contribution in [3.8, 4) is 0 Å². The van der Waals surface area contributed by atoms with Crippen molar-refractivity contribution < 1.29 is 14.0 Å². The Morgan fingerprint density at radius 1 is 1.32 bits per heavy atom. The molecule has 0 unspecified atom stereocenters. The zero-order valence-electron chi connectivity index (χ0n) is 12.9. The van der Waals surface area contributed by atoms with Crippen molar-refractivity contribution in [1.82, 2.24) is 10.2 Å². The van der Waals surface area contributed by atoms with Crippen molar-refractivity contribution in [1.29, 1.82) is 0 Å². The Labute approximate surface area is 130 Å². The van der Waals surface area contributed by atoms with Crippen LogP contribution >= 0.6 is 0 Å². The molecule has 0 bridgehead atoms. The molecule has 1 aliphatic carbocycles. The Hall–Kier alpha value is -2.04. The predicted octanol–water partition coefficient (Wildman–Crippen LogP) is 2.12. The van der Waals surface area contributed by atoms with Crippen LogP contribution in [0.15, 0.2) is 22.6 Å². The van der Waals surface area contributed by atoms with Gasteiger partial charge in [-0.25, -0.2) is 0 Å². The molecule has 2 heterocycles. The summed E-state index contributed by atoms with van der Waals surface area (Å²) in [5.41, 5.74) is 0. The lowest BCUT2D eigenvalue weighted by Gasteiger charge is -2.31. The van der Waals surface area contributed by atoms with Crippen molar-refractivity contribution in [3.05, 3.63) is 29.7 Å². The summed E-state index contributed by atoms with van der Waals surface area (Å²) in [5, 5.41) is 3.03. The molecule has 1 aliphatic heterocycles. The minimum atomic E-state index is -0.0717. The minimum absolute atomic E-state index is 0.0574. The molecule has 5 heteroatoms. The summed E-state index contributed by atoms with van der Waals surface area (Å²) in [5.74, 6) is 1.47. The first-order valence-electron chi connectivity index (χ1n) is 7.95. The van der Waals surface area contributed by atoms with Crippen molar-refractivity contribution in [2.24, 2.45) is 5.92 Å². The van der Waals surface area contributed by atoms with Gasteiger partial charge in [-0.3, -0.25) is 9.59 Å². The van der Waals surface area contributed by atoms with E-state index in [4.69, 9.17) is 4.42 Å². The van der Waals surface area contributed by atoms with Gasteiger partial charge in [0.25, 0.3) is 0 Å². The Balaban J connectivity index is 1.55. The maximum absolute atomic E-state index is 12.2. The fourth-order valence-electron chi connectivity index (χ4n) is 2.74. The maximum atomic E-state index is 12.2. The third-order valence-electron chi connectivity index (χ3n) is 4.18. The molecule has 2 aliphatic rings.